The molecule has 1 fully saturated rings. The van der Waals surface area contributed by atoms with E-state index in [2.05, 4.69) is 43.1 Å². The number of nitrogens with one attached hydrogen (secondary N) is 1. The van der Waals surface area contributed by atoms with Crippen LogP contribution < -0.4 is 5.32 Å². The average Bonchev–Trinajstić information content (AvgIpc) is 2.70. The first-order valence-corrected chi connectivity index (χ1v) is 6.72. The van der Waals surface area contributed by atoms with Gasteiger partial charge in [0.1, 0.15) is 0 Å². The van der Waals surface area contributed by atoms with E-state index in [1.165, 1.54) is 38.8 Å². The molecule has 1 saturated heterocycles. The van der Waals surface area contributed by atoms with Gasteiger partial charge in [-0.2, -0.15) is 0 Å². The summed E-state index contributed by atoms with van der Waals surface area (Å²) in [7, 11) is 0. The number of hydrogen-bond donors (Lipinski definition) is 1. The van der Waals surface area contributed by atoms with Crippen LogP contribution in [0.15, 0.2) is 12.2 Å². The van der Waals surface area contributed by atoms with Gasteiger partial charge in [-0.15, -0.1) is 0 Å². The fraction of sp³-hybridized carbons (Fsp3) is 0.857. The van der Waals surface area contributed by atoms with E-state index in [4.69, 9.17) is 0 Å². The second-order valence-electron chi connectivity index (χ2n) is 6.24. The van der Waals surface area contributed by atoms with E-state index >= 15 is 0 Å². The van der Waals surface area contributed by atoms with E-state index in [1.807, 2.05) is 0 Å². The molecule has 1 N–H and O–H groups in total. The molecule has 0 spiro atoms. The number of hydrogen-bond acceptors (Lipinski definition) is 2. The van der Waals surface area contributed by atoms with Crippen LogP contribution in [0.4, 0.5) is 0 Å². The Morgan fingerprint density at radius 1 is 1.00 bits per heavy atom. The summed E-state index contributed by atoms with van der Waals surface area (Å²) in [5.41, 5.74) is 0.347. The molecule has 0 atom stereocenters. The van der Waals surface area contributed by atoms with Crippen molar-refractivity contribution in [1.82, 2.24) is 10.2 Å². The largest absolute Gasteiger partial charge is 0.311 e. The summed E-state index contributed by atoms with van der Waals surface area (Å²) in [5.74, 6) is 0. The molecule has 2 heteroatoms. The average molecular weight is 222 g/mol. The van der Waals surface area contributed by atoms with Gasteiger partial charge in [-0.3, -0.25) is 4.90 Å². The van der Waals surface area contributed by atoms with Crippen molar-refractivity contribution in [3.8, 4) is 0 Å². The van der Waals surface area contributed by atoms with Crippen molar-refractivity contribution in [3.05, 3.63) is 12.2 Å². The molecule has 0 amide bonds. The summed E-state index contributed by atoms with van der Waals surface area (Å²) in [6, 6.07) is 1.48. The van der Waals surface area contributed by atoms with Crippen LogP contribution in [0.1, 0.15) is 46.5 Å². The zero-order chi connectivity index (χ0) is 11.6. The molecule has 1 aliphatic carbocycles. The Morgan fingerprint density at radius 3 is 2.06 bits per heavy atom. The van der Waals surface area contributed by atoms with E-state index in [0.29, 0.717) is 5.54 Å². The molecule has 16 heavy (non-hydrogen) atoms. The molecule has 1 heterocycles. The predicted octanol–water partition coefficient (Wildman–Crippen LogP) is 2.56. The van der Waals surface area contributed by atoms with Crippen molar-refractivity contribution < 1.29 is 0 Å². The van der Waals surface area contributed by atoms with E-state index in [9.17, 15) is 0 Å². The van der Waals surface area contributed by atoms with Gasteiger partial charge in [0.15, 0.2) is 0 Å². The number of piperidine rings is 1. The molecule has 2 nitrogen and oxygen atoms in total. The Morgan fingerprint density at radius 2 is 1.56 bits per heavy atom. The van der Waals surface area contributed by atoms with E-state index in [-0.39, 0.29) is 0 Å². The first-order chi connectivity index (χ1) is 7.55. The normalized spacial score (nSPS) is 25.4. The van der Waals surface area contributed by atoms with Crippen molar-refractivity contribution in [1.29, 1.82) is 0 Å². The molecule has 2 aliphatic rings. The minimum atomic E-state index is 0.347. The van der Waals surface area contributed by atoms with E-state index in [1.54, 1.807) is 0 Å². The Labute approximate surface area is 100 Å². The van der Waals surface area contributed by atoms with E-state index < -0.39 is 0 Å². The highest BCUT2D eigenvalue weighted by Gasteiger charge is 2.27. The molecule has 2 rings (SSSR count). The fourth-order valence-electron chi connectivity index (χ4n) is 2.80. The first-order valence-electron chi connectivity index (χ1n) is 6.72. The summed E-state index contributed by atoms with van der Waals surface area (Å²) in [6.45, 7) is 9.47. The topological polar surface area (TPSA) is 15.3 Å². The Bertz CT molecular complexity index is 236. The van der Waals surface area contributed by atoms with Crippen LogP contribution in [-0.4, -0.2) is 35.6 Å². The lowest BCUT2D eigenvalue weighted by molar-refractivity contribution is 0.0941. The summed E-state index contributed by atoms with van der Waals surface area (Å²) in [4.78, 5) is 2.61. The molecule has 0 aromatic rings. The molecule has 92 valence electrons. The van der Waals surface area contributed by atoms with Crippen LogP contribution in [0.25, 0.3) is 0 Å². The van der Waals surface area contributed by atoms with Crippen molar-refractivity contribution in [3.63, 3.8) is 0 Å². The Kier molecular flexibility index (Phi) is 3.70. The molecule has 1 aliphatic heterocycles. The predicted molar refractivity (Wildman–Crippen MR) is 69.6 cm³/mol. The summed E-state index contributed by atoms with van der Waals surface area (Å²) < 4.78 is 0. The molecule has 0 aromatic heterocycles. The molecule has 0 saturated carbocycles. The van der Waals surface area contributed by atoms with Crippen LogP contribution in [0.5, 0.6) is 0 Å². The van der Waals surface area contributed by atoms with Gasteiger partial charge in [-0.1, -0.05) is 12.2 Å². The maximum absolute atomic E-state index is 3.80. The lowest BCUT2D eigenvalue weighted by Crippen LogP contribution is -2.51. The lowest BCUT2D eigenvalue weighted by Gasteiger charge is -2.41. The maximum atomic E-state index is 3.80. The third kappa shape index (κ3) is 3.08. The maximum Gasteiger partial charge on any atom is 0.0139 e. The summed E-state index contributed by atoms with van der Waals surface area (Å²) in [6.07, 6.45) is 9.71. The number of rotatable bonds is 2. The quantitative estimate of drug-likeness (QED) is 0.722. The SMILES string of the molecule is CC(C)(C)N1CCC(NC2CC=CC2)CC1. The van der Waals surface area contributed by atoms with Crippen molar-refractivity contribution in [2.45, 2.75) is 64.1 Å². The van der Waals surface area contributed by atoms with Crippen molar-refractivity contribution in [2.75, 3.05) is 13.1 Å². The molecular formula is C14H26N2. The molecule has 0 bridgehead atoms. The standard InChI is InChI=1S/C14H26N2/c1-14(2,3)16-10-8-13(9-11-16)15-12-6-4-5-7-12/h4-5,12-13,15H,6-11H2,1-3H3. The van der Waals surface area contributed by atoms with Crippen LogP contribution >= 0.6 is 0 Å². The van der Waals surface area contributed by atoms with Gasteiger partial charge < -0.3 is 5.32 Å². The van der Waals surface area contributed by atoms with Crippen LogP contribution in [0.2, 0.25) is 0 Å². The lowest BCUT2D eigenvalue weighted by atomic mass is 9.97. The zero-order valence-electron chi connectivity index (χ0n) is 11.0. The van der Waals surface area contributed by atoms with Crippen molar-refractivity contribution >= 4 is 0 Å². The highest BCUT2D eigenvalue weighted by Crippen LogP contribution is 2.21. The van der Waals surface area contributed by atoms with Crippen LogP contribution in [0.3, 0.4) is 0 Å². The smallest absolute Gasteiger partial charge is 0.0139 e. The Balaban J connectivity index is 1.73. The molecule has 0 aromatic carbocycles. The fourth-order valence-corrected chi connectivity index (χ4v) is 2.80. The molecule has 0 unspecified atom stereocenters. The summed E-state index contributed by atoms with van der Waals surface area (Å²) >= 11 is 0. The minimum Gasteiger partial charge on any atom is -0.311 e. The Hall–Kier alpha value is -0.340. The highest BCUT2D eigenvalue weighted by molar-refractivity contribution is 4.99. The summed E-state index contributed by atoms with van der Waals surface area (Å²) in [5, 5.41) is 3.80. The van der Waals surface area contributed by atoms with Crippen LogP contribution in [-0.2, 0) is 0 Å². The molecular weight excluding hydrogens is 196 g/mol. The monoisotopic (exact) mass is 222 g/mol. The van der Waals surface area contributed by atoms with Gasteiger partial charge in [0, 0.05) is 30.7 Å². The third-order valence-corrected chi connectivity index (χ3v) is 3.92. The van der Waals surface area contributed by atoms with Gasteiger partial charge in [0.2, 0.25) is 0 Å². The molecule has 0 radical (unpaired) electrons. The number of likely N-dealkylation sites (tertiary alicyclic amines) is 1. The van der Waals surface area contributed by atoms with Gasteiger partial charge in [-0.05, 0) is 46.5 Å². The second kappa shape index (κ2) is 4.89. The van der Waals surface area contributed by atoms with Gasteiger partial charge >= 0.3 is 0 Å². The van der Waals surface area contributed by atoms with Gasteiger partial charge in [0.05, 0.1) is 0 Å². The third-order valence-electron chi connectivity index (χ3n) is 3.92. The van der Waals surface area contributed by atoms with Gasteiger partial charge in [-0.25, -0.2) is 0 Å². The highest BCUT2D eigenvalue weighted by atomic mass is 15.2. The van der Waals surface area contributed by atoms with E-state index in [0.717, 1.165) is 12.1 Å². The minimum absolute atomic E-state index is 0.347. The number of nitrogens with zero attached hydrogens (tertiary/aromatic N) is 1. The van der Waals surface area contributed by atoms with Crippen molar-refractivity contribution in [2.24, 2.45) is 0 Å². The second-order valence-corrected chi connectivity index (χ2v) is 6.24. The van der Waals surface area contributed by atoms with Gasteiger partial charge in [0.25, 0.3) is 0 Å². The first kappa shape index (κ1) is 12.1. The van der Waals surface area contributed by atoms with Crippen LogP contribution in [0, 0.1) is 0 Å². The zero-order valence-corrected chi connectivity index (χ0v) is 11.0.